The van der Waals surface area contributed by atoms with E-state index in [-0.39, 0.29) is 11.3 Å². The van der Waals surface area contributed by atoms with E-state index in [0.717, 1.165) is 11.3 Å². The molecule has 0 saturated carbocycles. The highest BCUT2D eigenvalue weighted by Crippen LogP contribution is 2.26. The van der Waals surface area contributed by atoms with E-state index in [1.165, 1.54) is 0 Å². The molecule has 1 aliphatic heterocycles. The number of sulfone groups is 1. The molecule has 0 aliphatic carbocycles. The number of rotatable bonds is 4. The van der Waals surface area contributed by atoms with Crippen molar-refractivity contribution in [2.45, 2.75) is 16.8 Å². The molecule has 0 amide bonds. The molecule has 1 atom stereocenters. The van der Waals surface area contributed by atoms with Gasteiger partial charge in [0.25, 0.3) is 0 Å². The lowest BCUT2D eigenvalue weighted by Crippen LogP contribution is -2.21. The molecule has 0 N–H and O–H groups in total. The quantitative estimate of drug-likeness (QED) is 0.869. The third-order valence-corrected chi connectivity index (χ3v) is 5.36. The second kappa shape index (κ2) is 5.81. The first-order chi connectivity index (χ1) is 10.6. The van der Waals surface area contributed by atoms with Crippen molar-refractivity contribution in [2.75, 3.05) is 7.11 Å². The summed E-state index contributed by atoms with van der Waals surface area (Å²) < 4.78 is 30.1. The van der Waals surface area contributed by atoms with Crippen LogP contribution in [0.1, 0.15) is 12.0 Å². The summed E-state index contributed by atoms with van der Waals surface area (Å²) in [6, 6.07) is 15.5. The minimum atomic E-state index is -3.55. The van der Waals surface area contributed by atoms with Crippen molar-refractivity contribution in [1.82, 2.24) is 0 Å². The molecule has 2 aromatic carbocycles. The third-order valence-electron chi connectivity index (χ3n) is 3.48. The highest BCUT2D eigenvalue weighted by atomic mass is 32.2. The molecule has 0 radical (unpaired) electrons. The van der Waals surface area contributed by atoms with Crippen LogP contribution in [0.25, 0.3) is 0 Å². The fourth-order valence-electron chi connectivity index (χ4n) is 2.24. The summed E-state index contributed by atoms with van der Waals surface area (Å²) in [5.74, 6) is 0.733. The van der Waals surface area contributed by atoms with Gasteiger partial charge in [-0.2, -0.15) is 0 Å². The van der Waals surface area contributed by atoms with Gasteiger partial charge in [0, 0.05) is 6.42 Å². The van der Waals surface area contributed by atoms with Crippen molar-refractivity contribution >= 4 is 15.5 Å². The minimum absolute atomic E-state index is 0.226. The lowest BCUT2D eigenvalue weighted by atomic mass is 10.1. The van der Waals surface area contributed by atoms with Crippen molar-refractivity contribution < 1.29 is 18.0 Å². The van der Waals surface area contributed by atoms with Crippen LogP contribution in [0.5, 0.6) is 5.75 Å². The third kappa shape index (κ3) is 2.69. The number of oxime groups is 1. The molecule has 1 heterocycles. The molecule has 114 valence electrons. The molecule has 0 spiro atoms. The summed E-state index contributed by atoms with van der Waals surface area (Å²) in [6.45, 7) is 0. The van der Waals surface area contributed by atoms with Crippen LogP contribution >= 0.6 is 0 Å². The van der Waals surface area contributed by atoms with Gasteiger partial charge in [-0.3, -0.25) is 0 Å². The largest absolute Gasteiger partial charge is 0.497 e. The predicted octanol–water partition coefficient (Wildman–Crippen LogP) is 2.62. The van der Waals surface area contributed by atoms with Gasteiger partial charge in [0.15, 0.2) is 0 Å². The Morgan fingerprint density at radius 1 is 1.09 bits per heavy atom. The van der Waals surface area contributed by atoms with Crippen LogP contribution in [0.15, 0.2) is 64.6 Å². The Hall–Kier alpha value is -2.34. The molecule has 1 aliphatic rings. The monoisotopic (exact) mass is 317 g/mol. The number of hydrogen-bond acceptors (Lipinski definition) is 5. The Kier molecular flexibility index (Phi) is 3.85. The van der Waals surface area contributed by atoms with Crippen molar-refractivity contribution in [1.29, 1.82) is 0 Å². The molecule has 5 nitrogen and oxygen atoms in total. The van der Waals surface area contributed by atoms with Crippen LogP contribution in [0, 0.1) is 0 Å². The Morgan fingerprint density at radius 3 is 2.41 bits per heavy atom. The second-order valence-electron chi connectivity index (χ2n) is 4.86. The Bertz CT molecular complexity index is 783. The Labute approximate surface area is 129 Å². The van der Waals surface area contributed by atoms with Gasteiger partial charge in [-0.15, -0.1) is 0 Å². The van der Waals surface area contributed by atoms with Crippen LogP contribution in [-0.4, -0.2) is 26.7 Å². The summed E-state index contributed by atoms with van der Waals surface area (Å²) in [5, 5.41) is 3.93. The molecule has 22 heavy (non-hydrogen) atoms. The first kappa shape index (κ1) is 14.6. The fourth-order valence-corrected chi connectivity index (χ4v) is 3.61. The SMILES string of the molecule is COc1ccc(C2=NOC(S(=O)(=O)c3ccccc3)C2)cc1. The van der Waals surface area contributed by atoms with Gasteiger partial charge in [-0.25, -0.2) is 8.42 Å². The summed E-state index contributed by atoms with van der Waals surface area (Å²) >= 11 is 0. The van der Waals surface area contributed by atoms with E-state index in [2.05, 4.69) is 5.16 Å². The van der Waals surface area contributed by atoms with E-state index >= 15 is 0 Å². The summed E-state index contributed by atoms with van der Waals surface area (Å²) in [7, 11) is -1.96. The Balaban J connectivity index is 1.79. The first-order valence-corrected chi connectivity index (χ1v) is 8.32. The maximum absolute atomic E-state index is 12.5. The van der Waals surface area contributed by atoms with Gasteiger partial charge in [-0.05, 0) is 42.0 Å². The number of benzene rings is 2. The smallest absolute Gasteiger partial charge is 0.237 e. The molecule has 0 fully saturated rings. The number of nitrogens with zero attached hydrogens (tertiary/aromatic N) is 1. The first-order valence-electron chi connectivity index (χ1n) is 6.77. The summed E-state index contributed by atoms with van der Waals surface area (Å²) in [6.07, 6.45) is 0.226. The van der Waals surface area contributed by atoms with E-state index in [1.54, 1.807) is 49.6 Å². The molecule has 0 aromatic heterocycles. The van der Waals surface area contributed by atoms with Gasteiger partial charge in [0.1, 0.15) is 5.75 Å². The highest BCUT2D eigenvalue weighted by molar-refractivity contribution is 7.92. The molecular weight excluding hydrogens is 302 g/mol. The van der Waals surface area contributed by atoms with Crippen LogP contribution < -0.4 is 4.74 Å². The van der Waals surface area contributed by atoms with E-state index in [9.17, 15) is 8.42 Å². The van der Waals surface area contributed by atoms with E-state index in [0.29, 0.717) is 5.71 Å². The standard InChI is InChI=1S/C16H15NO4S/c1-20-13-9-7-12(8-10-13)15-11-16(21-17-15)22(18,19)14-5-3-2-4-6-14/h2-10,16H,11H2,1H3. The molecule has 1 unspecified atom stereocenters. The average molecular weight is 317 g/mol. The summed E-state index contributed by atoms with van der Waals surface area (Å²) in [4.78, 5) is 5.41. The molecule has 0 bridgehead atoms. The van der Waals surface area contributed by atoms with Crippen molar-refractivity contribution in [3.8, 4) is 5.75 Å². The lowest BCUT2D eigenvalue weighted by Gasteiger charge is -2.09. The topological polar surface area (TPSA) is 65.0 Å². The maximum atomic E-state index is 12.5. The van der Waals surface area contributed by atoms with E-state index in [1.807, 2.05) is 12.1 Å². The van der Waals surface area contributed by atoms with Gasteiger partial charge >= 0.3 is 0 Å². The van der Waals surface area contributed by atoms with Crippen LogP contribution in [0.2, 0.25) is 0 Å². The predicted molar refractivity (Wildman–Crippen MR) is 82.6 cm³/mol. The van der Waals surface area contributed by atoms with Gasteiger partial charge in [-0.1, -0.05) is 23.4 Å². The molecular formula is C16H15NO4S. The number of methoxy groups -OCH3 is 1. The molecule has 3 rings (SSSR count). The van der Waals surface area contributed by atoms with Crippen LogP contribution in [0.3, 0.4) is 0 Å². The summed E-state index contributed by atoms with van der Waals surface area (Å²) in [5.41, 5.74) is 0.464. The van der Waals surface area contributed by atoms with E-state index < -0.39 is 15.3 Å². The van der Waals surface area contributed by atoms with Crippen LogP contribution in [-0.2, 0) is 14.7 Å². The second-order valence-corrected chi connectivity index (χ2v) is 6.95. The van der Waals surface area contributed by atoms with Gasteiger partial charge < -0.3 is 9.57 Å². The normalized spacial score (nSPS) is 17.7. The Morgan fingerprint density at radius 2 is 1.77 bits per heavy atom. The van der Waals surface area contributed by atoms with Crippen LogP contribution in [0.4, 0.5) is 0 Å². The number of ether oxygens (including phenoxy) is 1. The molecule has 0 saturated heterocycles. The average Bonchev–Trinajstić information content (AvgIpc) is 3.06. The number of hydrogen-bond donors (Lipinski definition) is 0. The van der Waals surface area contributed by atoms with Crippen molar-refractivity contribution in [2.24, 2.45) is 5.16 Å². The maximum Gasteiger partial charge on any atom is 0.237 e. The molecule has 2 aromatic rings. The zero-order valence-corrected chi connectivity index (χ0v) is 12.8. The molecule has 6 heteroatoms. The lowest BCUT2D eigenvalue weighted by molar-refractivity contribution is 0.140. The van der Waals surface area contributed by atoms with E-state index in [4.69, 9.17) is 9.57 Å². The zero-order chi connectivity index (χ0) is 15.6. The van der Waals surface area contributed by atoms with Crippen molar-refractivity contribution in [3.63, 3.8) is 0 Å². The minimum Gasteiger partial charge on any atom is -0.497 e. The fraction of sp³-hybridized carbons (Fsp3) is 0.188. The zero-order valence-electron chi connectivity index (χ0n) is 12.0. The highest BCUT2D eigenvalue weighted by Gasteiger charge is 2.35. The van der Waals surface area contributed by atoms with Gasteiger partial charge in [0.2, 0.25) is 15.3 Å². The van der Waals surface area contributed by atoms with Crippen molar-refractivity contribution in [3.05, 3.63) is 60.2 Å². The van der Waals surface area contributed by atoms with Gasteiger partial charge in [0.05, 0.1) is 17.7 Å².